The zero-order valence-electron chi connectivity index (χ0n) is 15.4. The van der Waals surface area contributed by atoms with Crippen LogP contribution in [0.5, 0.6) is 0 Å². The Balaban J connectivity index is 1.92. The van der Waals surface area contributed by atoms with E-state index < -0.39 is 0 Å². The summed E-state index contributed by atoms with van der Waals surface area (Å²) < 4.78 is 20.2. The van der Waals surface area contributed by atoms with Gasteiger partial charge < -0.3 is 10.1 Å². The van der Waals surface area contributed by atoms with Crippen LogP contribution in [-0.2, 0) is 16.8 Å². The van der Waals surface area contributed by atoms with Crippen LogP contribution in [0.1, 0.15) is 41.6 Å². The van der Waals surface area contributed by atoms with Gasteiger partial charge in [0.2, 0.25) is 0 Å². The zero-order valence-corrected chi connectivity index (χ0v) is 16.2. The van der Waals surface area contributed by atoms with Crippen LogP contribution in [0, 0.1) is 5.82 Å². The SMILES string of the molecule is COCc1c(C(=O)Nc2ccc(C(C)(C)C)cc2)sc2cccc(F)c12. The molecular weight excluding hydrogens is 349 g/mol. The molecule has 3 rings (SSSR count). The molecule has 0 bridgehead atoms. The normalized spacial score (nSPS) is 11.7. The number of carbonyl (C=O) groups is 1. The molecule has 5 heteroatoms. The maximum absolute atomic E-state index is 14.2. The number of hydrogen-bond donors (Lipinski definition) is 1. The van der Waals surface area contributed by atoms with E-state index in [9.17, 15) is 9.18 Å². The number of rotatable bonds is 4. The molecule has 136 valence electrons. The fourth-order valence-electron chi connectivity index (χ4n) is 2.87. The molecule has 0 unspecified atom stereocenters. The van der Waals surface area contributed by atoms with E-state index in [-0.39, 0.29) is 23.7 Å². The van der Waals surface area contributed by atoms with Crippen molar-refractivity contribution in [2.24, 2.45) is 0 Å². The van der Waals surface area contributed by atoms with Crippen molar-refractivity contribution in [2.45, 2.75) is 32.8 Å². The standard InChI is InChI=1S/C21H22FNO2S/c1-21(2,3)13-8-10-14(11-9-13)23-20(24)19-15(12-25-4)18-16(22)6-5-7-17(18)26-19/h5-11H,12H2,1-4H3,(H,23,24). The van der Waals surface area contributed by atoms with Crippen molar-refractivity contribution in [3.05, 3.63) is 64.3 Å². The highest BCUT2D eigenvalue weighted by molar-refractivity contribution is 7.21. The molecule has 1 heterocycles. The van der Waals surface area contributed by atoms with Gasteiger partial charge in [-0.3, -0.25) is 4.79 Å². The topological polar surface area (TPSA) is 38.3 Å². The number of nitrogens with one attached hydrogen (secondary N) is 1. The summed E-state index contributed by atoms with van der Waals surface area (Å²) in [6, 6.07) is 12.7. The number of fused-ring (bicyclic) bond motifs is 1. The van der Waals surface area contributed by atoms with Crippen molar-refractivity contribution in [3.8, 4) is 0 Å². The van der Waals surface area contributed by atoms with Crippen molar-refractivity contribution >= 4 is 33.0 Å². The number of ether oxygens (including phenoxy) is 1. The van der Waals surface area contributed by atoms with Gasteiger partial charge in [0.25, 0.3) is 5.91 Å². The number of halogens is 1. The van der Waals surface area contributed by atoms with Crippen LogP contribution in [0.25, 0.3) is 10.1 Å². The molecule has 0 radical (unpaired) electrons. The highest BCUT2D eigenvalue weighted by Gasteiger charge is 2.21. The number of methoxy groups -OCH3 is 1. The summed E-state index contributed by atoms with van der Waals surface area (Å²) >= 11 is 1.28. The molecule has 0 saturated carbocycles. The predicted octanol–water partition coefficient (Wildman–Crippen LogP) is 5.74. The summed E-state index contributed by atoms with van der Waals surface area (Å²) in [4.78, 5) is 13.3. The molecule has 1 amide bonds. The number of carbonyl (C=O) groups excluding carboxylic acids is 1. The Bertz CT molecular complexity index is 939. The Labute approximate surface area is 156 Å². The van der Waals surface area contributed by atoms with Gasteiger partial charge >= 0.3 is 0 Å². The van der Waals surface area contributed by atoms with Gasteiger partial charge in [0.05, 0.1) is 11.5 Å². The average Bonchev–Trinajstić information content (AvgIpc) is 2.95. The quantitative estimate of drug-likeness (QED) is 0.635. The number of benzene rings is 2. The zero-order chi connectivity index (χ0) is 18.9. The Hall–Kier alpha value is -2.24. The van der Waals surface area contributed by atoms with Crippen molar-refractivity contribution in [3.63, 3.8) is 0 Å². The third-order valence-electron chi connectivity index (χ3n) is 4.27. The minimum Gasteiger partial charge on any atom is -0.380 e. The fourth-order valence-corrected chi connectivity index (χ4v) is 3.99. The van der Waals surface area contributed by atoms with Crippen LogP contribution < -0.4 is 5.32 Å². The Kier molecular flexibility index (Phi) is 5.12. The van der Waals surface area contributed by atoms with Crippen LogP contribution >= 0.6 is 11.3 Å². The number of amides is 1. The van der Waals surface area contributed by atoms with E-state index in [0.717, 1.165) is 4.70 Å². The van der Waals surface area contributed by atoms with Crippen LogP contribution in [-0.4, -0.2) is 13.0 Å². The Morgan fingerprint density at radius 1 is 1.15 bits per heavy atom. The minimum absolute atomic E-state index is 0.0528. The van der Waals surface area contributed by atoms with E-state index in [1.54, 1.807) is 6.07 Å². The van der Waals surface area contributed by atoms with Crippen molar-refractivity contribution < 1.29 is 13.9 Å². The van der Waals surface area contributed by atoms with Crippen molar-refractivity contribution in [2.75, 3.05) is 12.4 Å². The molecule has 0 saturated heterocycles. The maximum atomic E-state index is 14.2. The van der Waals surface area contributed by atoms with E-state index in [1.165, 1.54) is 30.1 Å². The van der Waals surface area contributed by atoms with E-state index in [4.69, 9.17) is 4.74 Å². The second-order valence-electron chi connectivity index (χ2n) is 7.24. The van der Waals surface area contributed by atoms with Gasteiger partial charge in [-0.15, -0.1) is 11.3 Å². The van der Waals surface area contributed by atoms with Gasteiger partial charge in [0, 0.05) is 28.4 Å². The number of hydrogen-bond acceptors (Lipinski definition) is 3. The maximum Gasteiger partial charge on any atom is 0.266 e. The first-order valence-corrected chi connectivity index (χ1v) is 9.23. The van der Waals surface area contributed by atoms with Gasteiger partial charge in [-0.1, -0.05) is 39.0 Å². The fraction of sp³-hybridized carbons (Fsp3) is 0.286. The molecule has 1 N–H and O–H groups in total. The van der Waals surface area contributed by atoms with Crippen LogP contribution in [0.4, 0.5) is 10.1 Å². The molecule has 2 aromatic carbocycles. The third kappa shape index (κ3) is 3.64. The van der Waals surface area contributed by atoms with Gasteiger partial charge in [0.1, 0.15) is 5.82 Å². The first-order valence-electron chi connectivity index (χ1n) is 8.42. The van der Waals surface area contributed by atoms with E-state index in [1.807, 2.05) is 30.3 Å². The molecule has 0 fully saturated rings. The minimum atomic E-state index is -0.334. The summed E-state index contributed by atoms with van der Waals surface area (Å²) in [5.74, 6) is -0.583. The molecular formula is C21H22FNO2S. The van der Waals surface area contributed by atoms with Gasteiger partial charge in [-0.05, 0) is 35.2 Å². The Morgan fingerprint density at radius 2 is 1.85 bits per heavy atom. The Morgan fingerprint density at radius 3 is 2.46 bits per heavy atom. The van der Waals surface area contributed by atoms with Crippen LogP contribution in [0.2, 0.25) is 0 Å². The summed E-state index contributed by atoms with van der Waals surface area (Å²) in [6.07, 6.45) is 0. The second kappa shape index (κ2) is 7.17. The molecule has 3 nitrogen and oxygen atoms in total. The predicted molar refractivity (Wildman–Crippen MR) is 106 cm³/mol. The van der Waals surface area contributed by atoms with Crippen molar-refractivity contribution in [1.82, 2.24) is 0 Å². The number of anilines is 1. The molecule has 0 spiro atoms. The summed E-state index contributed by atoms with van der Waals surface area (Å²) in [5, 5.41) is 3.37. The lowest BCUT2D eigenvalue weighted by Crippen LogP contribution is -2.14. The van der Waals surface area contributed by atoms with Crippen molar-refractivity contribution in [1.29, 1.82) is 0 Å². The van der Waals surface area contributed by atoms with Gasteiger partial charge in [0.15, 0.2) is 0 Å². The van der Waals surface area contributed by atoms with Gasteiger partial charge in [-0.25, -0.2) is 4.39 Å². The van der Waals surface area contributed by atoms with Crippen LogP contribution in [0.15, 0.2) is 42.5 Å². The van der Waals surface area contributed by atoms with E-state index in [0.29, 0.717) is 21.5 Å². The second-order valence-corrected chi connectivity index (χ2v) is 8.29. The third-order valence-corrected chi connectivity index (χ3v) is 5.46. The lowest BCUT2D eigenvalue weighted by molar-refractivity contribution is 0.102. The monoisotopic (exact) mass is 371 g/mol. The molecule has 0 atom stereocenters. The van der Waals surface area contributed by atoms with Gasteiger partial charge in [-0.2, -0.15) is 0 Å². The summed E-state index contributed by atoms with van der Waals surface area (Å²) in [7, 11) is 1.54. The molecule has 0 aliphatic rings. The molecule has 0 aliphatic heterocycles. The number of thiophene rings is 1. The molecule has 1 aromatic heterocycles. The molecule has 3 aromatic rings. The summed E-state index contributed by atoms with van der Waals surface area (Å²) in [6.45, 7) is 6.61. The molecule has 0 aliphatic carbocycles. The first-order chi connectivity index (χ1) is 12.3. The lowest BCUT2D eigenvalue weighted by atomic mass is 9.87. The van der Waals surface area contributed by atoms with E-state index in [2.05, 4.69) is 26.1 Å². The first kappa shape index (κ1) is 18.5. The largest absolute Gasteiger partial charge is 0.380 e. The average molecular weight is 371 g/mol. The highest BCUT2D eigenvalue weighted by Crippen LogP contribution is 2.34. The molecule has 26 heavy (non-hydrogen) atoms. The highest BCUT2D eigenvalue weighted by atomic mass is 32.1. The lowest BCUT2D eigenvalue weighted by Gasteiger charge is -2.19. The summed E-state index contributed by atoms with van der Waals surface area (Å²) in [5.41, 5.74) is 2.55. The smallest absolute Gasteiger partial charge is 0.266 e. The van der Waals surface area contributed by atoms with E-state index >= 15 is 0 Å². The van der Waals surface area contributed by atoms with Crippen LogP contribution in [0.3, 0.4) is 0 Å².